The van der Waals surface area contributed by atoms with E-state index in [9.17, 15) is 10.1 Å². The van der Waals surface area contributed by atoms with Gasteiger partial charge in [-0.3, -0.25) is 15.0 Å². The Kier molecular flexibility index (Phi) is 6.06. The zero-order valence-electron chi connectivity index (χ0n) is 13.2. The summed E-state index contributed by atoms with van der Waals surface area (Å²) in [7, 11) is 1.87. The molecule has 2 aromatic rings. The molecular formula is C15H19ClN4O3. The fraction of sp³-hybridized carbons (Fsp3) is 0.467. The first-order valence-corrected chi connectivity index (χ1v) is 7.80. The van der Waals surface area contributed by atoms with Crippen molar-refractivity contribution in [1.29, 1.82) is 0 Å². The zero-order chi connectivity index (χ0) is 16.8. The van der Waals surface area contributed by atoms with Crippen LogP contribution in [-0.4, -0.2) is 27.0 Å². The second kappa shape index (κ2) is 8.03. The van der Waals surface area contributed by atoms with E-state index in [1.807, 2.05) is 11.9 Å². The third kappa shape index (κ3) is 5.01. The predicted molar refractivity (Wildman–Crippen MR) is 86.2 cm³/mol. The van der Waals surface area contributed by atoms with Crippen molar-refractivity contribution in [2.24, 2.45) is 0 Å². The summed E-state index contributed by atoms with van der Waals surface area (Å²) in [6.07, 6.45) is 2.91. The quantitative estimate of drug-likeness (QED) is 0.540. The Morgan fingerprint density at radius 3 is 2.87 bits per heavy atom. The molecular weight excluding hydrogens is 320 g/mol. The molecule has 1 heterocycles. The number of aryl methyl sites for hydroxylation is 1. The van der Waals surface area contributed by atoms with E-state index in [1.165, 1.54) is 12.1 Å². The van der Waals surface area contributed by atoms with Crippen LogP contribution in [0.15, 0.2) is 22.7 Å². The van der Waals surface area contributed by atoms with Gasteiger partial charge in [0.05, 0.1) is 11.5 Å². The SMILES string of the molecule is CCCCc1noc(CN(C)Cc2cc([N+](=O)[O-])ccc2Cl)n1. The second-order valence-electron chi connectivity index (χ2n) is 5.41. The fourth-order valence-corrected chi connectivity index (χ4v) is 2.34. The van der Waals surface area contributed by atoms with Gasteiger partial charge in [-0.1, -0.05) is 30.1 Å². The van der Waals surface area contributed by atoms with Gasteiger partial charge in [-0.25, -0.2) is 0 Å². The van der Waals surface area contributed by atoms with E-state index in [0.29, 0.717) is 35.4 Å². The monoisotopic (exact) mass is 338 g/mol. The van der Waals surface area contributed by atoms with Crippen molar-refractivity contribution in [3.8, 4) is 0 Å². The number of nitrogens with zero attached hydrogens (tertiary/aromatic N) is 4. The molecule has 7 nitrogen and oxygen atoms in total. The van der Waals surface area contributed by atoms with Crippen LogP contribution < -0.4 is 0 Å². The Hall–Kier alpha value is -1.99. The minimum Gasteiger partial charge on any atom is -0.338 e. The number of hydrogen-bond acceptors (Lipinski definition) is 6. The van der Waals surface area contributed by atoms with Crippen LogP contribution in [0, 0.1) is 10.1 Å². The van der Waals surface area contributed by atoms with Crippen LogP contribution >= 0.6 is 11.6 Å². The van der Waals surface area contributed by atoms with Gasteiger partial charge >= 0.3 is 0 Å². The van der Waals surface area contributed by atoms with Gasteiger partial charge in [0.2, 0.25) is 5.89 Å². The number of nitro benzene ring substituents is 1. The van der Waals surface area contributed by atoms with Crippen LogP contribution in [0.1, 0.15) is 37.0 Å². The Morgan fingerprint density at radius 2 is 2.17 bits per heavy atom. The van der Waals surface area contributed by atoms with E-state index in [-0.39, 0.29) is 5.69 Å². The highest BCUT2D eigenvalue weighted by molar-refractivity contribution is 6.31. The Morgan fingerprint density at radius 1 is 1.39 bits per heavy atom. The lowest BCUT2D eigenvalue weighted by Crippen LogP contribution is -2.17. The molecule has 0 N–H and O–H groups in total. The van der Waals surface area contributed by atoms with Crippen molar-refractivity contribution in [3.05, 3.63) is 50.6 Å². The van der Waals surface area contributed by atoms with Crippen LogP contribution in [0.5, 0.6) is 0 Å². The molecule has 0 saturated carbocycles. The lowest BCUT2D eigenvalue weighted by Gasteiger charge is -2.15. The minimum atomic E-state index is -0.433. The number of non-ortho nitro benzene ring substituents is 1. The first kappa shape index (κ1) is 17.4. The molecule has 0 spiro atoms. The lowest BCUT2D eigenvalue weighted by atomic mass is 10.2. The van der Waals surface area contributed by atoms with Crippen molar-refractivity contribution in [3.63, 3.8) is 0 Å². The van der Waals surface area contributed by atoms with Gasteiger partial charge in [0, 0.05) is 30.1 Å². The molecule has 23 heavy (non-hydrogen) atoms. The van der Waals surface area contributed by atoms with Gasteiger partial charge in [0.15, 0.2) is 5.82 Å². The number of aromatic nitrogens is 2. The predicted octanol–water partition coefficient (Wildman–Crippen LogP) is 3.61. The van der Waals surface area contributed by atoms with Gasteiger partial charge in [0.25, 0.3) is 5.69 Å². The summed E-state index contributed by atoms with van der Waals surface area (Å²) in [5, 5.41) is 15.3. The molecule has 0 bridgehead atoms. The topological polar surface area (TPSA) is 85.3 Å². The van der Waals surface area contributed by atoms with Crippen molar-refractivity contribution in [2.45, 2.75) is 39.3 Å². The normalized spacial score (nSPS) is 11.1. The molecule has 0 aliphatic carbocycles. The molecule has 0 atom stereocenters. The average molecular weight is 339 g/mol. The van der Waals surface area contributed by atoms with Crippen molar-refractivity contribution >= 4 is 17.3 Å². The third-order valence-electron chi connectivity index (χ3n) is 3.35. The Balaban J connectivity index is 1.99. The standard InChI is InChI=1S/C15H19ClN4O3/c1-3-4-5-14-17-15(23-18-14)10-19(2)9-11-8-12(20(21)22)6-7-13(11)16/h6-8H,3-5,9-10H2,1-2H3. The van der Waals surface area contributed by atoms with Gasteiger partial charge in [-0.2, -0.15) is 4.98 Å². The maximum absolute atomic E-state index is 10.8. The summed E-state index contributed by atoms with van der Waals surface area (Å²) in [5.41, 5.74) is 0.714. The summed E-state index contributed by atoms with van der Waals surface area (Å²) in [4.78, 5) is 16.7. The molecule has 0 aliphatic rings. The van der Waals surface area contributed by atoms with Gasteiger partial charge < -0.3 is 4.52 Å². The molecule has 0 saturated heterocycles. The van der Waals surface area contributed by atoms with Crippen LogP contribution in [-0.2, 0) is 19.5 Å². The lowest BCUT2D eigenvalue weighted by molar-refractivity contribution is -0.384. The van der Waals surface area contributed by atoms with E-state index >= 15 is 0 Å². The Labute approximate surface area is 139 Å². The van der Waals surface area contributed by atoms with Gasteiger partial charge in [-0.05, 0) is 25.1 Å². The van der Waals surface area contributed by atoms with Crippen LogP contribution in [0.3, 0.4) is 0 Å². The molecule has 8 heteroatoms. The molecule has 0 fully saturated rings. The third-order valence-corrected chi connectivity index (χ3v) is 3.72. The summed E-state index contributed by atoms with van der Waals surface area (Å²) >= 11 is 6.11. The molecule has 1 aromatic carbocycles. The second-order valence-corrected chi connectivity index (χ2v) is 5.82. The molecule has 0 radical (unpaired) electrons. The summed E-state index contributed by atoms with van der Waals surface area (Å²) in [6, 6.07) is 4.42. The Bertz CT molecular complexity index is 674. The van der Waals surface area contributed by atoms with E-state index in [0.717, 1.165) is 19.3 Å². The number of benzene rings is 1. The molecule has 0 aliphatic heterocycles. The van der Waals surface area contributed by atoms with Crippen LogP contribution in [0.4, 0.5) is 5.69 Å². The van der Waals surface area contributed by atoms with Crippen LogP contribution in [0.2, 0.25) is 5.02 Å². The fourth-order valence-electron chi connectivity index (χ4n) is 2.16. The summed E-state index contributed by atoms with van der Waals surface area (Å²) in [5.74, 6) is 1.24. The first-order valence-electron chi connectivity index (χ1n) is 7.42. The van der Waals surface area contributed by atoms with Crippen molar-refractivity contribution < 1.29 is 9.45 Å². The molecule has 124 valence electrons. The minimum absolute atomic E-state index is 0.0254. The van der Waals surface area contributed by atoms with E-state index in [4.69, 9.17) is 16.1 Å². The highest BCUT2D eigenvalue weighted by Crippen LogP contribution is 2.23. The largest absolute Gasteiger partial charge is 0.338 e. The number of halogens is 1. The van der Waals surface area contributed by atoms with E-state index < -0.39 is 4.92 Å². The highest BCUT2D eigenvalue weighted by Gasteiger charge is 2.14. The number of hydrogen-bond donors (Lipinski definition) is 0. The smallest absolute Gasteiger partial charge is 0.269 e. The maximum Gasteiger partial charge on any atom is 0.269 e. The van der Waals surface area contributed by atoms with E-state index in [2.05, 4.69) is 17.1 Å². The van der Waals surface area contributed by atoms with Crippen molar-refractivity contribution in [2.75, 3.05) is 7.05 Å². The first-order chi connectivity index (χ1) is 11.0. The number of nitro groups is 1. The highest BCUT2D eigenvalue weighted by atomic mass is 35.5. The number of rotatable bonds is 8. The summed E-state index contributed by atoms with van der Waals surface area (Å²) < 4.78 is 5.22. The molecule has 0 amide bonds. The van der Waals surface area contributed by atoms with Crippen LogP contribution in [0.25, 0.3) is 0 Å². The maximum atomic E-state index is 10.8. The van der Waals surface area contributed by atoms with Crippen molar-refractivity contribution in [1.82, 2.24) is 15.0 Å². The number of unbranched alkanes of at least 4 members (excludes halogenated alkanes) is 1. The average Bonchev–Trinajstić information content (AvgIpc) is 2.94. The van der Waals surface area contributed by atoms with E-state index in [1.54, 1.807) is 6.07 Å². The molecule has 1 aromatic heterocycles. The van der Waals surface area contributed by atoms with Gasteiger partial charge in [0.1, 0.15) is 0 Å². The molecule has 0 unspecified atom stereocenters. The zero-order valence-corrected chi connectivity index (χ0v) is 13.9. The molecule has 2 rings (SSSR count). The summed E-state index contributed by atoms with van der Waals surface area (Å²) in [6.45, 7) is 3.02. The van der Waals surface area contributed by atoms with Gasteiger partial charge in [-0.15, -0.1) is 0 Å².